The molecule has 6 heteroatoms. The molecule has 0 amide bonds. The summed E-state index contributed by atoms with van der Waals surface area (Å²) in [4.78, 5) is 4.24. The van der Waals surface area contributed by atoms with Gasteiger partial charge in [0.15, 0.2) is 0 Å². The second-order valence-corrected chi connectivity index (χ2v) is 6.86. The van der Waals surface area contributed by atoms with Gasteiger partial charge in [-0.25, -0.2) is 4.98 Å². The first kappa shape index (κ1) is 16.9. The molecule has 0 saturated heterocycles. The second-order valence-electron chi connectivity index (χ2n) is 4.81. The minimum Gasteiger partial charge on any atom is -0.243 e. The lowest BCUT2D eigenvalue weighted by atomic mass is 10.0. The summed E-state index contributed by atoms with van der Waals surface area (Å²) in [5.74, 6) is 0. The van der Waals surface area contributed by atoms with Gasteiger partial charge in [-0.3, -0.25) is 0 Å². The largest absolute Gasteiger partial charge is 0.243 e. The zero-order valence-electron chi connectivity index (χ0n) is 11.5. The zero-order chi connectivity index (χ0) is 16.6. The van der Waals surface area contributed by atoms with Crippen LogP contribution in [-0.2, 0) is 0 Å². The van der Waals surface area contributed by atoms with E-state index in [0.29, 0.717) is 30.8 Å². The molecule has 0 bridgehead atoms. The summed E-state index contributed by atoms with van der Waals surface area (Å²) in [5, 5.41) is 2.51. The fourth-order valence-corrected chi connectivity index (χ4v) is 3.45. The van der Waals surface area contributed by atoms with Gasteiger partial charge < -0.3 is 0 Å². The van der Waals surface area contributed by atoms with E-state index in [9.17, 15) is 0 Å². The first-order valence-electron chi connectivity index (χ1n) is 6.52. The summed E-state index contributed by atoms with van der Waals surface area (Å²) < 4.78 is 0. The highest BCUT2D eigenvalue weighted by Crippen LogP contribution is 2.38. The van der Waals surface area contributed by atoms with Gasteiger partial charge in [0, 0.05) is 48.5 Å². The number of hydrogen-bond acceptors (Lipinski definition) is 1. The monoisotopic (exact) mass is 401 g/mol. The quantitative estimate of drug-likeness (QED) is 0.400. The van der Waals surface area contributed by atoms with Gasteiger partial charge >= 0.3 is 0 Å². The van der Waals surface area contributed by atoms with Crippen LogP contribution < -0.4 is 0 Å². The minimum atomic E-state index is 0.350. The van der Waals surface area contributed by atoms with E-state index < -0.39 is 0 Å². The Morgan fingerprint density at radius 1 is 0.609 bits per heavy atom. The third kappa shape index (κ3) is 3.60. The first-order valence-corrected chi connectivity index (χ1v) is 8.41. The number of aromatic nitrogens is 1. The second kappa shape index (κ2) is 6.88. The van der Waals surface area contributed by atoms with E-state index in [1.807, 2.05) is 12.1 Å². The van der Waals surface area contributed by atoms with E-state index in [2.05, 4.69) is 4.98 Å². The van der Waals surface area contributed by atoms with Crippen LogP contribution in [-0.4, -0.2) is 4.98 Å². The highest BCUT2D eigenvalue weighted by atomic mass is 35.5. The van der Waals surface area contributed by atoms with Crippen molar-refractivity contribution in [3.63, 3.8) is 0 Å². The summed E-state index contributed by atoms with van der Waals surface area (Å²) in [7, 11) is 0. The number of hydrogen-bond donors (Lipinski definition) is 0. The molecule has 0 aliphatic rings. The van der Waals surface area contributed by atoms with Crippen LogP contribution >= 0.6 is 58.0 Å². The van der Waals surface area contributed by atoms with Gasteiger partial charge in [0.25, 0.3) is 0 Å². The summed E-state index contributed by atoms with van der Waals surface area (Å²) in [6.45, 7) is 0. The fraction of sp³-hybridized carbons (Fsp3) is 0. The maximum absolute atomic E-state index is 6.27. The first-order chi connectivity index (χ1) is 11.0. The lowest BCUT2D eigenvalue weighted by molar-refractivity contribution is 1.33. The Morgan fingerprint density at radius 2 is 1.17 bits per heavy atom. The molecule has 116 valence electrons. The smallest absolute Gasteiger partial charge is 0.136 e. The maximum atomic E-state index is 6.27. The van der Waals surface area contributed by atoms with E-state index in [0.717, 1.165) is 16.7 Å². The van der Waals surface area contributed by atoms with Crippen LogP contribution in [0.5, 0.6) is 0 Å². The summed E-state index contributed by atoms with van der Waals surface area (Å²) in [6.07, 6.45) is 1.66. The van der Waals surface area contributed by atoms with Gasteiger partial charge in [-0.15, -0.1) is 0 Å². The third-order valence-electron chi connectivity index (χ3n) is 3.30. The Hall–Kier alpha value is -0.960. The molecule has 2 aromatic carbocycles. The molecular formula is C17H8Cl5N. The summed E-state index contributed by atoms with van der Waals surface area (Å²) in [5.41, 5.74) is 3.08. The average molecular weight is 404 g/mol. The van der Waals surface area contributed by atoms with Crippen LogP contribution in [0.4, 0.5) is 0 Å². The minimum absolute atomic E-state index is 0.350. The Bertz CT molecular complexity index is 892. The molecule has 1 aromatic heterocycles. The molecule has 0 fully saturated rings. The Labute approximate surface area is 158 Å². The Balaban J connectivity index is 2.16. The molecule has 0 aliphatic heterocycles. The molecule has 3 aromatic rings. The molecule has 0 saturated carbocycles. The third-order valence-corrected chi connectivity index (χ3v) is 4.70. The molecule has 1 nitrogen and oxygen atoms in total. The van der Waals surface area contributed by atoms with Crippen molar-refractivity contribution in [2.45, 2.75) is 0 Å². The standard InChI is InChI=1S/C17H8Cl5N/c18-10-1-3-12(15(20)6-10)9-5-14(17(22)23-8-9)13-4-2-11(19)7-16(13)21/h1-8H. The van der Waals surface area contributed by atoms with E-state index in [1.165, 1.54) is 0 Å². The Morgan fingerprint density at radius 3 is 1.74 bits per heavy atom. The molecular weight excluding hydrogens is 395 g/mol. The van der Waals surface area contributed by atoms with Crippen molar-refractivity contribution in [3.05, 3.63) is 73.9 Å². The van der Waals surface area contributed by atoms with Crippen LogP contribution in [0.2, 0.25) is 25.2 Å². The van der Waals surface area contributed by atoms with Gasteiger partial charge in [-0.1, -0.05) is 70.1 Å². The molecule has 0 radical (unpaired) electrons. The number of benzene rings is 2. The molecule has 0 aliphatic carbocycles. The van der Waals surface area contributed by atoms with E-state index >= 15 is 0 Å². The van der Waals surface area contributed by atoms with E-state index in [4.69, 9.17) is 58.0 Å². The zero-order valence-corrected chi connectivity index (χ0v) is 15.2. The van der Waals surface area contributed by atoms with Crippen LogP contribution in [0.25, 0.3) is 22.3 Å². The summed E-state index contributed by atoms with van der Waals surface area (Å²) in [6, 6.07) is 12.4. The van der Waals surface area contributed by atoms with Crippen molar-refractivity contribution in [1.82, 2.24) is 4.98 Å². The topological polar surface area (TPSA) is 12.9 Å². The molecule has 0 N–H and O–H groups in total. The van der Waals surface area contributed by atoms with Crippen LogP contribution in [0.1, 0.15) is 0 Å². The van der Waals surface area contributed by atoms with Gasteiger partial charge in [0.05, 0.1) is 0 Å². The van der Waals surface area contributed by atoms with Crippen molar-refractivity contribution in [2.75, 3.05) is 0 Å². The predicted octanol–water partition coefficient (Wildman–Crippen LogP) is 7.68. The SMILES string of the molecule is Clc1ccc(-c2cnc(Cl)c(-c3ccc(Cl)cc3Cl)c2)c(Cl)c1. The summed E-state index contributed by atoms with van der Waals surface area (Å²) >= 11 is 30.7. The molecule has 0 unspecified atom stereocenters. The normalized spacial score (nSPS) is 10.8. The lowest BCUT2D eigenvalue weighted by Crippen LogP contribution is -1.88. The average Bonchev–Trinajstić information content (AvgIpc) is 2.49. The fourth-order valence-electron chi connectivity index (χ4n) is 2.22. The van der Waals surface area contributed by atoms with E-state index in [-0.39, 0.29) is 0 Å². The number of halogens is 5. The van der Waals surface area contributed by atoms with Gasteiger partial charge in [-0.2, -0.15) is 0 Å². The number of rotatable bonds is 2. The van der Waals surface area contributed by atoms with Gasteiger partial charge in [0.1, 0.15) is 5.15 Å². The molecule has 23 heavy (non-hydrogen) atoms. The van der Waals surface area contributed by atoms with Crippen molar-refractivity contribution < 1.29 is 0 Å². The molecule has 0 spiro atoms. The highest BCUT2D eigenvalue weighted by Gasteiger charge is 2.13. The molecule has 3 rings (SSSR count). The van der Waals surface area contributed by atoms with Crippen molar-refractivity contribution in [3.8, 4) is 22.3 Å². The van der Waals surface area contributed by atoms with Crippen LogP contribution in [0, 0.1) is 0 Å². The van der Waals surface area contributed by atoms with E-state index in [1.54, 1.807) is 36.5 Å². The predicted molar refractivity (Wildman–Crippen MR) is 100 cm³/mol. The van der Waals surface area contributed by atoms with Gasteiger partial charge in [0.2, 0.25) is 0 Å². The molecule has 0 atom stereocenters. The number of nitrogens with zero attached hydrogens (tertiary/aromatic N) is 1. The lowest BCUT2D eigenvalue weighted by Gasteiger charge is -2.10. The van der Waals surface area contributed by atoms with Crippen molar-refractivity contribution in [2.24, 2.45) is 0 Å². The van der Waals surface area contributed by atoms with Crippen LogP contribution in [0.15, 0.2) is 48.7 Å². The van der Waals surface area contributed by atoms with Crippen LogP contribution in [0.3, 0.4) is 0 Å². The van der Waals surface area contributed by atoms with Crippen molar-refractivity contribution >= 4 is 58.0 Å². The highest BCUT2D eigenvalue weighted by molar-refractivity contribution is 6.38. The maximum Gasteiger partial charge on any atom is 0.136 e. The Kier molecular flexibility index (Phi) is 5.05. The van der Waals surface area contributed by atoms with Gasteiger partial charge in [-0.05, 0) is 30.3 Å². The van der Waals surface area contributed by atoms with Crippen molar-refractivity contribution in [1.29, 1.82) is 0 Å². The molecule has 1 heterocycles. The number of pyridine rings is 1.